The van der Waals surface area contributed by atoms with Gasteiger partial charge in [0.25, 0.3) is 0 Å². The summed E-state index contributed by atoms with van der Waals surface area (Å²) in [6.45, 7) is 0. The normalized spacial score (nSPS) is 10.6. The number of hydrogen-bond donors (Lipinski definition) is 0. The first-order valence-corrected chi connectivity index (χ1v) is 6.33. The van der Waals surface area contributed by atoms with E-state index in [1.54, 1.807) is 7.11 Å². The minimum absolute atomic E-state index is 0.671. The molecular weight excluding hydrogens is 234 g/mol. The van der Waals surface area contributed by atoms with Crippen molar-refractivity contribution in [2.45, 2.75) is 6.42 Å². The van der Waals surface area contributed by atoms with Crippen molar-refractivity contribution in [2.24, 2.45) is 0 Å². The first kappa shape index (κ1) is 11.7. The summed E-state index contributed by atoms with van der Waals surface area (Å²) in [6.07, 6.45) is 0.889. The molecule has 3 rings (SSSR count). The Morgan fingerprint density at radius 2 is 1.68 bits per heavy atom. The molecule has 0 aliphatic rings. The highest BCUT2D eigenvalue weighted by molar-refractivity contribution is 5.83. The Balaban J connectivity index is 2.11. The van der Waals surface area contributed by atoms with E-state index in [1.807, 2.05) is 30.3 Å². The Labute approximate surface area is 112 Å². The highest BCUT2D eigenvalue weighted by Crippen LogP contribution is 2.24. The number of para-hydroxylation sites is 1. The molecule has 2 aromatic carbocycles. The van der Waals surface area contributed by atoms with Crippen LogP contribution in [-0.2, 0) is 6.42 Å². The summed E-state index contributed by atoms with van der Waals surface area (Å²) in [7, 11) is 1.66. The summed E-state index contributed by atoms with van der Waals surface area (Å²) in [5, 5.41) is 1.19. The molecule has 19 heavy (non-hydrogen) atoms. The zero-order valence-corrected chi connectivity index (χ0v) is 10.8. The van der Waals surface area contributed by atoms with Crippen molar-refractivity contribution in [3.05, 3.63) is 71.8 Å². The molecule has 2 nitrogen and oxygen atoms in total. The Bertz CT molecular complexity index is 692. The van der Waals surface area contributed by atoms with Gasteiger partial charge in [-0.3, -0.25) is 0 Å². The molecule has 0 saturated heterocycles. The average Bonchev–Trinajstić information content (AvgIpc) is 2.48. The van der Waals surface area contributed by atoms with E-state index in [1.165, 1.54) is 16.5 Å². The van der Waals surface area contributed by atoms with Gasteiger partial charge in [-0.25, -0.2) is 4.98 Å². The second kappa shape index (κ2) is 5.11. The van der Waals surface area contributed by atoms with Crippen molar-refractivity contribution in [1.82, 2.24) is 4.98 Å². The Kier molecular flexibility index (Phi) is 3.15. The summed E-state index contributed by atoms with van der Waals surface area (Å²) in [5.74, 6) is 0.671. The number of pyridine rings is 1. The number of methoxy groups -OCH3 is 1. The molecule has 0 fully saturated rings. The van der Waals surface area contributed by atoms with Crippen molar-refractivity contribution in [3.8, 4) is 5.88 Å². The van der Waals surface area contributed by atoms with Gasteiger partial charge in [0, 0.05) is 11.5 Å². The standard InChI is InChI=1S/C17H15NO/c1-19-17-12-14(11-13-7-3-2-4-8-13)15-9-5-6-10-16(15)18-17/h2-10,12H,11H2,1H3. The van der Waals surface area contributed by atoms with Crippen molar-refractivity contribution in [2.75, 3.05) is 7.11 Å². The summed E-state index contributed by atoms with van der Waals surface area (Å²) < 4.78 is 5.29. The van der Waals surface area contributed by atoms with E-state index in [4.69, 9.17) is 4.74 Å². The van der Waals surface area contributed by atoms with Crippen LogP contribution in [0.15, 0.2) is 60.7 Å². The number of benzene rings is 2. The molecule has 0 atom stereocenters. The number of hydrogen-bond acceptors (Lipinski definition) is 2. The first-order valence-electron chi connectivity index (χ1n) is 6.33. The van der Waals surface area contributed by atoms with Gasteiger partial charge in [-0.15, -0.1) is 0 Å². The quantitative estimate of drug-likeness (QED) is 0.703. The van der Waals surface area contributed by atoms with Crippen LogP contribution in [-0.4, -0.2) is 12.1 Å². The van der Waals surface area contributed by atoms with Gasteiger partial charge in [0.15, 0.2) is 0 Å². The van der Waals surface area contributed by atoms with E-state index in [0.717, 1.165) is 11.9 Å². The third kappa shape index (κ3) is 2.43. The third-order valence-electron chi connectivity index (χ3n) is 3.22. The van der Waals surface area contributed by atoms with Crippen LogP contribution in [0.3, 0.4) is 0 Å². The molecule has 3 aromatic rings. The lowest BCUT2D eigenvalue weighted by Gasteiger charge is -2.09. The molecule has 0 aliphatic carbocycles. The third-order valence-corrected chi connectivity index (χ3v) is 3.22. The van der Waals surface area contributed by atoms with E-state index in [-0.39, 0.29) is 0 Å². The van der Waals surface area contributed by atoms with Crippen LogP contribution in [0.5, 0.6) is 5.88 Å². The molecule has 1 aromatic heterocycles. The van der Waals surface area contributed by atoms with E-state index in [2.05, 4.69) is 35.3 Å². The van der Waals surface area contributed by atoms with Crippen LogP contribution in [0.4, 0.5) is 0 Å². The van der Waals surface area contributed by atoms with Crippen LogP contribution in [0.25, 0.3) is 10.9 Å². The van der Waals surface area contributed by atoms with Gasteiger partial charge < -0.3 is 4.74 Å². The summed E-state index contributed by atoms with van der Waals surface area (Å²) in [6, 6.07) is 20.7. The molecular formula is C17H15NO. The second-order valence-electron chi connectivity index (χ2n) is 4.50. The van der Waals surface area contributed by atoms with Gasteiger partial charge in [-0.2, -0.15) is 0 Å². The number of rotatable bonds is 3. The lowest BCUT2D eigenvalue weighted by Crippen LogP contribution is -1.95. The highest BCUT2D eigenvalue weighted by Gasteiger charge is 2.06. The van der Waals surface area contributed by atoms with E-state index < -0.39 is 0 Å². The molecule has 0 aliphatic heterocycles. The van der Waals surface area contributed by atoms with Crippen LogP contribution in [0.1, 0.15) is 11.1 Å². The fourth-order valence-corrected chi connectivity index (χ4v) is 2.29. The Hall–Kier alpha value is -2.35. The zero-order chi connectivity index (χ0) is 13.1. The molecule has 0 unspecified atom stereocenters. The second-order valence-corrected chi connectivity index (χ2v) is 4.50. The van der Waals surface area contributed by atoms with Crippen LogP contribution >= 0.6 is 0 Å². The molecule has 0 saturated carbocycles. The smallest absolute Gasteiger partial charge is 0.213 e. The van der Waals surface area contributed by atoms with Gasteiger partial charge in [0.1, 0.15) is 0 Å². The largest absolute Gasteiger partial charge is 0.481 e. The molecule has 0 amide bonds. The number of fused-ring (bicyclic) bond motifs is 1. The Morgan fingerprint density at radius 3 is 2.47 bits per heavy atom. The van der Waals surface area contributed by atoms with Crippen molar-refractivity contribution < 1.29 is 4.74 Å². The van der Waals surface area contributed by atoms with Gasteiger partial charge in [0.05, 0.1) is 12.6 Å². The predicted octanol–water partition coefficient (Wildman–Crippen LogP) is 3.83. The van der Waals surface area contributed by atoms with Gasteiger partial charge >= 0.3 is 0 Å². The molecule has 1 heterocycles. The highest BCUT2D eigenvalue weighted by atomic mass is 16.5. The van der Waals surface area contributed by atoms with Crippen LogP contribution in [0, 0.1) is 0 Å². The number of nitrogens with zero attached hydrogens (tertiary/aromatic N) is 1. The first-order chi connectivity index (χ1) is 9.36. The molecule has 0 bridgehead atoms. The Morgan fingerprint density at radius 1 is 0.947 bits per heavy atom. The monoisotopic (exact) mass is 249 g/mol. The minimum atomic E-state index is 0.671. The maximum atomic E-state index is 5.29. The average molecular weight is 249 g/mol. The minimum Gasteiger partial charge on any atom is -0.481 e. The lowest BCUT2D eigenvalue weighted by molar-refractivity contribution is 0.399. The van der Waals surface area contributed by atoms with Crippen molar-refractivity contribution in [1.29, 1.82) is 0 Å². The maximum absolute atomic E-state index is 5.29. The molecule has 0 radical (unpaired) electrons. The molecule has 0 N–H and O–H groups in total. The van der Waals surface area contributed by atoms with E-state index >= 15 is 0 Å². The lowest BCUT2D eigenvalue weighted by atomic mass is 10.0. The molecule has 2 heteroatoms. The molecule has 94 valence electrons. The summed E-state index contributed by atoms with van der Waals surface area (Å²) in [5.41, 5.74) is 3.52. The van der Waals surface area contributed by atoms with Crippen molar-refractivity contribution in [3.63, 3.8) is 0 Å². The van der Waals surface area contributed by atoms with E-state index in [0.29, 0.717) is 5.88 Å². The van der Waals surface area contributed by atoms with Gasteiger partial charge in [-0.1, -0.05) is 48.5 Å². The fraction of sp³-hybridized carbons (Fsp3) is 0.118. The van der Waals surface area contributed by atoms with E-state index in [9.17, 15) is 0 Å². The fourth-order valence-electron chi connectivity index (χ4n) is 2.29. The predicted molar refractivity (Wildman–Crippen MR) is 77.5 cm³/mol. The van der Waals surface area contributed by atoms with Crippen molar-refractivity contribution >= 4 is 10.9 Å². The zero-order valence-electron chi connectivity index (χ0n) is 10.8. The molecule has 0 spiro atoms. The van der Waals surface area contributed by atoms with Gasteiger partial charge in [0.2, 0.25) is 5.88 Å². The topological polar surface area (TPSA) is 22.1 Å². The summed E-state index contributed by atoms with van der Waals surface area (Å²) >= 11 is 0. The maximum Gasteiger partial charge on any atom is 0.213 e. The summed E-state index contributed by atoms with van der Waals surface area (Å²) in [4.78, 5) is 4.47. The SMILES string of the molecule is COc1cc(Cc2ccccc2)c2ccccc2n1. The van der Waals surface area contributed by atoms with Crippen LogP contribution < -0.4 is 4.74 Å². The van der Waals surface area contributed by atoms with Gasteiger partial charge in [-0.05, 0) is 23.6 Å². The number of ether oxygens (including phenoxy) is 1. The number of aromatic nitrogens is 1. The van der Waals surface area contributed by atoms with Crippen LogP contribution in [0.2, 0.25) is 0 Å².